The highest BCUT2D eigenvalue weighted by Gasteiger charge is 2.17. The Labute approximate surface area is 191 Å². The monoisotopic (exact) mass is 492 g/mol. The summed E-state index contributed by atoms with van der Waals surface area (Å²) >= 11 is 4.76. The van der Waals surface area contributed by atoms with Crippen LogP contribution in [0.25, 0.3) is 17.1 Å². The van der Waals surface area contributed by atoms with Gasteiger partial charge in [0.2, 0.25) is 0 Å². The van der Waals surface area contributed by atoms with Gasteiger partial charge < -0.3 is 0 Å². The summed E-state index contributed by atoms with van der Waals surface area (Å²) in [4.78, 5) is 16.2. The highest BCUT2D eigenvalue weighted by atomic mass is 79.9. The van der Waals surface area contributed by atoms with Crippen LogP contribution in [0.5, 0.6) is 0 Å². The number of rotatable bonds is 7. The van der Waals surface area contributed by atoms with Crippen molar-refractivity contribution in [1.82, 2.24) is 25.2 Å². The fraction of sp³-hybridized carbons (Fsp3) is 0.0455. The number of carbonyl (C=O) groups excluding carboxylic acids is 1. The minimum absolute atomic E-state index is 0.150. The quantitative estimate of drug-likeness (QED) is 0.235. The fourth-order valence-corrected chi connectivity index (χ4v) is 3.76. The number of carbonyl (C=O) groups is 1. The Morgan fingerprint density at radius 3 is 2.52 bits per heavy atom. The van der Waals surface area contributed by atoms with E-state index in [1.54, 1.807) is 30.7 Å². The van der Waals surface area contributed by atoms with Gasteiger partial charge in [-0.1, -0.05) is 58.0 Å². The molecule has 2 heterocycles. The van der Waals surface area contributed by atoms with Crippen LogP contribution in [0.3, 0.4) is 0 Å². The van der Waals surface area contributed by atoms with Crippen molar-refractivity contribution < 1.29 is 4.79 Å². The third kappa shape index (κ3) is 5.44. The lowest BCUT2D eigenvalue weighted by Gasteiger charge is -2.10. The summed E-state index contributed by atoms with van der Waals surface area (Å²) in [5, 5.41) is 13.3. The first kappa shape index (κ1) is 21.0. The molecule has 0 bridgehead atoms. The van der Waals surface area contributed by atoms with Gasteiger partial charge in [0.05, 0.1) is 12.0 Å². The fourth-order valence-electron chi connectivity index (χ4n) is 2.75. The van der Waals surface area contributed by atoms with E-state index in [0.29, 0.717) is 11.0 Å². The molecule has 4 rings (SSSR count). The number of hydrogen-bond donors (Lipinski definition) is 1. The molecule has 0 saturated carbocycles. The lowest BCUT2D eigenvalue weighted by atomic mass is 10.2. The third-order valence-electron chi connectivity index (χ3n) is 4.19. The summed E-state index contributed by atoms with van der Waals surface area (Å²) in [6, 6.07) is 21.3. The van der Waals surface area contributed by atoms with Gasteiger partial charge in [-0.2, -0.15) is 5.10 Å². The Morgan fingerprint density at radius 1 is 1.03 bits per heavy atom. The first-order chi connectivity index (χ1) is 15.2. The van der Waals surface area contributed by atoms with Crippen LogP contribution in [0.4, 0.5) is 0 Å². The molecule has 7 nitrogen and oxygen atoms in total. The topological polar surface area (TPSA) is 85.1 Å². The van der Waals surface area contributed by atoms with Crippen molar-refractivity contribution >= 4 is 39.8 Å². The lowest BCUT2D eigenvalue weighted by Crippen LogP contribution is -2.20. The lowest BCUT2D eigenvalue weighted by molar-refractivity contribution is -0.118. The summed E-state index contributed by atoms with van der Waals surface area (Å²) in [6.07, 6.45) is 4.90. The molecule has 0 aliphatic heterocycles. The van der Waals surface area contributed by atoms with E-state index in [9.17, 15) is 4.79 Å². The van der Waals surface area contributed by atoms with Crippen molar-refractivity contribution in [1.29, 1.82) is 0 Å². The molecule has 4 aromatic rings. The largest absolute Gasteiger partial charge is 0.272 e. The van der Waals surface area contributed by atoms with Crippen LogP contribution < -0.4 is 5.43 Å². The molecule has 31 heavy (non-hydrogen) atoms. The second kappa shape index (κ2) is 10.1. The zero-order valence-electron chi connectivity index (χ0n) is 16.2. The Balaban J connectivity index is 1.51. The first-order valence-corrected chi connectivity index (χ1v) is 11.1. The third-order valence-corrected chi connectivity index (χ3v) is 5.65. The van der Waals surface area contributed by atoms with Crippen LogP contribution >= 0.6 is 27.7 Å². The van der Waals surface area contributed by atoms with E-state index >= 15 is 0 Å². The van der Waals surface area contributed by atoms with E-state index in [2.05, 4.69) is 41.6 Å². The zero-order valence-corrected chi connectivity index (χ0v) is 18.6. The molecule has 2 aromatic carbocycles. The smallest absolute Gasteiger partial charge is 0.250 e. The average molecular weight is 493 g/mol. The number of amides is 1. The maximum absolute atomic E-state index is 12.3. The van der Waals surface area contributed by atoms with Gasteiger partial charge in [-0.15, -0.1) is 10.2 Å². The Morgan fingerprint density at radius 2 is 1.77 bits per heavy atom. The molecule has 2 aromatic heterocycles. The molecule has 1 amide bonds. The van der Waals surface area contributed by atoms with E-state index in [1.165, 1.54) is 11.8 Å². The molecule has 0 saturated heterocycles. The number of nitrogens with zero attached hydrogens (tertiary/aromatic N) is 5. The van der Waals surface area contributed by atoms with E-state index < -0.39 is 0 Å². The SMILES string of the molecule is O=C(CSc1nnc(-c2ccccc2)n1-c1ccc(Br)cc1)N/N=C\c1ccncc1. The molecule has 9 heteroatoms. The maximum Gasteiger partial charge on any atom is 0.250 e. The van der Waals surface area contributed by atoms with Gasteiger partial charge >= 0.3 is 0 Å². The second-order valence-electron chi connectivity index (χ2n) is 6.35. The first-order valence-electron chi connectivity index (χ1n) is 9.32. The van der Waals surface area contributed by atoms with Gasteiger partial charge in [0.1, 0.15) is 0 Å². The predicted molar refractivity (Wildman–Crippen MR) is 125 cm³/mol. The van der Waals surface area contributed by atoms with Gasteiger partial charge in [-0.3, -0.25) is 14.3 Å². The number of hydrogen-bond acceptors (Lipinski definition) is 6. The van der Waals surface area contributed by atoms with Crippen LogP contribution in [0.2, 0.25) is 0 Å². The normalized spacial score (nSPS) is 11.0. The van der Waals surface area contributed by atoms with Gasteiger partial charge in [-0.25, -0.2) is 5.43 Å². The summed E-state index contributed by atoms with van der Waals surface area (Å²) in [7, 11) is 0. The highest BCUT2D eigenvalue weighted by molar-refractivity contribution is 9.10. The molecule has 0 radical (unpaired) electrons. The molecule has 0 aliphatic carbocycles. The molecular formula is C22H17BrN6OS. The minimum atomic E-state index is -0.234. The molecule has 0 unspecified atom stereocenters. The molecule has 0 aliphatic rings. The molecule has 0 spiro atoms. The Bertz CT molecular complexity index is 1180. The average Bonchev–Trinajstić information content (AvgIpc) is 3.23. The summed E-state index contributed by atoms with van der Waals surface area (Å²) in [6.45, 7) is 0. The highest BCUT2D eigenvalue weighted by Crippen LogP contribution is 2.28. The van der Waals surface area contributed by atoms with E-state index in [-0.39, 0.29) is 11.7 Å². The number of benzene rings is 2. The maximum atomic E-state index is 12.3. The van der Waals surface area contributed by atoms with E-state index in [0.717, 1.165) is 21.3 Å². The Kier molecular flexibility index (Phi) is 6.85. The van der Waals surface area contributed by atoms with Crippen LogP contribution in [0.15, 0.2) is 93.9 Å². The minimum Gasteiger partial charge on any atom is -0.272 e. The molecular weight excluding hydrogens is 476 g/mol. The van der Waals surface area contributed by atoms with Gasteiger partial charge in [-0.05, 0) is 42.0 Å². The molecule has 0 atom stereocenters. The number of thioether (sulfide) groups is 1. The summed E-state index contributed by atoms with van der Waals surface area (Å²) < 4.78 is 2.92. The number of aromatic nitrogens is 4. The molecule has 0 fully saturated rings. The van der Waals surface area contributed by atoms with Crippen LogP contribution in [0.1, 0.15) is 5.56 Å². The van der Waals surface area contributed by atoms with Gasteiger partial charge in [0.15, 0.2) is 11.0 Å². The van der Waals surface area contributed by atoms with Crippen molar-refractivity contribution in [2.24, 2.45) is 5.10 Å². The standard InChI is InChI=1S/C22H17BrN6OS/c23-18-6-8-19(9-7-18)29-21(17-4-2-1-3-5-17)27-28-22(29)31-15-20(30)26-25-14-16-10-12-24-13-11-16/h1-14H,15H2,(H,26,30)/b25-14-. The van der Waals surface area contributed by atoms with Crippen LogP contribution in [-0.2, 0) is 4.79 Å². The number of hydrazone groups is 1. The van der Waals surface area contributed by atoms with Crippen molar-refractivity contribution in [2.75, 3.05) is 5.75 Å². The van der Waals surface area contributed by atoms with Crippen LogP contribution in [0, 0.1) is 0 Å². The van der Waals surface area contributed by atoms with E-state index in [1.807, 2.05) is 59.2 Å². The van der Waals surface area contributed by atoms with Crippen molar-refractivity contribution in [2.45, 2.75) is 5.16 Å². The van der Waals surface area contributed by atoms with Crippen molar-refractivity contribution in [3.05, 3.63) is 89.2 Å². The van der Waals surface area contributed by atoms with Crippen molar-refractivity contribution in [3.8, 4) is 17.1 Å². The van der Waals surface area contributed by atoms with Crippen molar-refractivity contribution in [3.63, 3.8) is 0 Å². The van der Waals surface area contributed by atoms with Gasteiger partial charge in [0.25, 0.3) is 5.91 Å². The zero-order chi connectivity index (χ0) is 21.5. The summed E-state index contributed by atoms with van der Waals surface area (Å²) in [5.41, 5.74) is 5.23. The van der Waals surface area contributed by atoms with Gasteiger partial charge in [0, 0.05) is 28.1 Å². The summed E-state index contributed by atoms with van der Waals surface area (Å²) in [5.74, 6) is 0.625. The number of pyridine rings is 1. The Hall–Kier alpha value is -3.30. The molecule has 154 valence electrons. The molecule has 1 N–H and O–H groups in total. The predicted octanol–water partition coefficient (Wildman–Crippen LogP) is 4.33. The van der Waals surface area contributed by atoms with E-state index in [4.69, 9.17) is 0 Å². The number of nitrogens with one attached hydrogen (secondary N) is 1. The second-order valence-corrected chi connectivity index (χ2v) is 8.20. The van der Waals surface area contributed by atoms with Crippen LogP contribution in [-0.4, -0.2) is 37.6 Å². The number of halogens is 1.